The third-order valence-corrected chi connectivity index (χ3v) is 16.3. The zero-order valence-electron chi connectivity index (χ0n) is 36.6. The molecule has 366 valence electrons. The third-order valence-electron chi connectivity index (χ3n) is 16.3. The third kappa shape index (κ3) is 8.69. The lowest BCUT2D eigenvalue weighted by Gasteiger charge is -2.63. The molecule has 6 fully saturated rings. The van der Waals surface area contributed by atoms with E-state index in [9.17, 15) is 61.3 Å². The molecular weight excluding hydrogens is 848 g/mol. The van der Waals surface area contributed by atoms with Gasteiger partial charge in [-0.1, -0.05) is 26.0 Å². The van der Waals surface area contributed by atoms with E-state index in [1.165, 1.54) is 0 Å². The fourth-order valence-electron chi connectivity index (χ4n) is 12.8. The van der Waals surface area contributed by atoms with Crippen LogP contribution in [0, 0.1) is 34.5 Å². The number of fused-ring (bicyclic) bond motifs is 5. The van der Waals surface area contributed by atoms with Crippen LogP contribution in [-0.4, -0.2) is 211 Å². The summed E-state index contributed by atoms with van der Waals surface area (Å²) < 4.78 is 47.6. The summed E-state index contributed by atoms with van der Waals surface area (Å²) in [7, 11) is 0. The quantitative estimate of drug-likeness (QED) is 0.0813. The Bertz CT molecular complexity index is 1650. The molecule has 64 heavy (non-hydrogen) atoms. The van der Waals surface area contributed by atoms with Crippen LogP contribution in [0.1, 0.15) is 65.7 Å². The smallest absolute Gasteiger partial charge is 0.210 e. The van der Waals surface area contributed by atoms with Crippen molar-refractivity contribution in [3.8, 4) is 0 Å². The highest BCUT2D eigenvalue weighted by atomic mass is 16.8. The zero-order chi connectivity index (χ0) is 46.0. The fraction of sp³-hybridized carbons (Fsp3) is 0.909. The average Bonchev–Trinajstić information content (AvgIpc) is 3.27. The van der Waals surface area contributed by atoms with Gasteiger partial charge in [0.1, 0.15) is 73.2 Å². The van der Waals surface area contributed by atoms with Crippen LogP contribution in [0.2, 0.25) is 0 Å². The average molecular weight is 919 g/mol. The Balaban J connectivity index is 0.940. The summed E-state index contributed by atoms with van der Waals surface area (Å²) in [4.78, 5) is 0. The molecule has 25 atom stereocenters. The molecule has 20 nitrogen and oxygen atoms in total. The van der Waals surface area contributed by atoms with Crippen molar-refractivity contribution in [3.63, 3.8) is 0 Å². The van der Waals surface area contributed by atoms with Gasteiger partial charge < -0.3 is 99.2 Å². The van der Waals surface area contributed by atoms with Gasteiger partial charge in [0.15, 0.2) is 18.9 Å². The van der Waals surface area contributed by atoms with Gasteiger partial charge in [-0.15, -0.1) is 0 Å². The normalized spacial score (nSPS) is 55.3. The number of allylic oxidation sites excluding steroid dienone is 1. The molecule has 0 aromatic rings. The molecule has 0 aromatic carbocycles. The lowest BCUT2D eigenvalue weighted by Crippen LogP contribution is -2.67. The molecule has 8 aliphatic rings. The highest BCUT2D eigenvalue weighted by molar-refractivity contribution is 5.26. The van der Waals surface area contributed by atoms with Crippen LogP contribution in [0.4, 0.5) is 0 Å². The number of aliphatic hydroxyl groups is 12. The molecule has 0 aromatic heterocycles. The maximum Gasteiger partial charge on any atom is 0.210 e. The molecule has 12 N–H and O–H groups in total. The van der Waals surface area contributed by atoms with E-state index in [1.54, 1.807) is 0 Å². The summed E-state index contributed by atoms with van der Waals surface area (Å²) in [5, 5.41) is 130. The van der Waals surface area contributed by atoms with E-state index < -0.39 is 136 Å². The largest absolute Gasteiger partial charge is 0.394 e. The Hall–Kier alpha value is -1.32. The van der Waals surface area contributed by atoms with Gasteiger partial charge in [-0.25, -0.2) is 0 Å². The molecular formula is C44H70O20. The molecule has 3 aliphatic carbocycles. The van der Waals surface area contributed by atoms with Crippen LogP contribution < -0.4 is 0 Å². The van der Waals surface area contributed by atoms with E-state index in [4.69, 9.17) is 37.9 Å². The standard InChI is InChI=1S/C44H70O20/c1-19-13-42(2)10-8-22-21(29(42)24(49)18-58-44(19)9-4-5-11-57-44)7-6-20-12-25(23(48)14-43(20,22)3)59-39-36(56)34(54)37(28(17-47)62-39)63-41-38(33(53)31(51)27(16-46)61-41)64-40-35(55)32(52)30(50)26(15-45)60-40/h4,9,13,20-41,45-56H,5-8,10-12,14-18H2,1-3H3/b19-13+/t20-,21+,22-,23+,24+,25+,26+,27+,28+,29+,30+,31+,32-,33-,34+,35+,36+,37+,38+,39+,40-,41-,42+,43-,44+/m1/s1. The first-order valence-electron chi connectivity index (χ1n) is 22.9. The van der Waals surface area contributed by atoms with Crippen molar-refractivity contribution >= 4 is 0 Å². The Morgan fingerprint density at radius 1 is 0.656 bits per heavy atom. The van der Waals surface area contributed by atoms with E-state index in [1.807, 2.05) is 13.0 Å². The first-order chi connectivity index (χ1) is 30.4. The summed E-state index contributed by atoms with van der Waals surface area (Å²) in [6.45, 7) is 4.76. The molecule has 8 rings (SSSR count). The number of aliphatic hydroxyl groups excluding tert-OH is 12. The second-order valence-corrected chi connectivity index (χ2v) is 20.0. The molecule has 0 bridgehead atoms. The predicted octanol–water partition coefficient (Wildman–Crippen LogP) is -2.95. The first-order valence-corrected chi connectivity index (χ1v) is 22.9. The van der Waals surface area contributed by atoms with E-state index in [2.05, 4.69) is 26.0 Å². The molecule has 0 unspecified atom stereocenters. The SMILES string of the molecule is C/C1=C\[C@]2(C)CC[C@@H]3[C@H](CC[C@@H]4C[C@H](O[C@H]5O[C@@H](CO)[C@H](O[C@H]6O[C@@H](CO)[C@H](O)[C@@H](O)[C@@H]6O[C@H]6O[C@@H](CO)[C@H](O)[C@@H](O)[C@@H]6O)[C@@H](O)[C@@H]5O)[C@@H](O)C[C@]43C)[C@H]2[C@@H](O)CO[C@@]12C=CCCO2. The minimum Gasteiger partial charge on any atom is -0.394 e. The van der Waals surface area contributed by atoms with Crippen molar-refractivity contribution in [2.45, 2.75) is 182 Å². The molecule has 1 spiro atoms. The highest BCUT2D eigenvalue weighted by Crippen LogP contribution is 2.64. The van der Waals surface area contributed by atoms with Crippen molar-refractivity contribution in [1.82, 2.24) is 0 Å². The Kier molecular flexibility index (Phi) is 14.8. The second-order valence-electron chi connectivity index (χ2n) is 20.0. The van der Waals surface area contributed by atoms with Crippen LogP contribution in [-0.2, 0) is 37.9 Å². The highest BCUT2D eigenvalue weighted by Gasteiger charge is 2.61. The van der Waals surface area contributed by atoms with Gasteiger partial charge in [0.25, 0.3) is 0 Å². The van der Waals surface area contributed by atoms with Crippen molar-refractivity contribution < 1.29 is 99.2 Å². The van der Waals surface area contributed by atoms with Crippen LogP contribution in [0.25, 0.3) is 0 Å². The Labute approximate surface area is 371 Å². The van der Waals surface area contributed by atoms with Crippen LogP contribution in [0.5, 0.6) is 0 Å². The van der Waals surface area contributed by atoms with Gasteiger partial charge in [0.2, 0.25) is 5.79 Å². The van der Waals surface area contributed by atoms with E-state index >= 15 is 0 Å². The molecule has 0 amide bonds. The number of hydrogen-bond acceptors (Lipinski definition) is 20. The number of rotatable bonds is 9. The maximum absolute atomic E-state index is 11.9. The predicted molar refractivity (Wildman–Crippen MR) is 216 cm³/mol. The van der Waals surface area contributed by atoms with Crippen LogP contribution in [0.3, 0.4) is 0 Å². The second kappa shape index (κ2) is 19.2. The minimum absolute atomic E-state index is 0.0794. The maximum atomic E-state index is 11.9. The van der Waals surface area contributed by atoms with E-state index in [-0.39, 0.29) is 41.1 Å². The molecule has 3 saturated carbocycles. The molecule has 0 radical (unpaired) electrons. The van der Waals surface area contributed by atoms with Gasteiger partial charge in [-0.3, -0.25) is 0 Å². The van der Waals surface area contributed by atoms with E-state index in [0.717, 1.165) is 37.7 Å². The topological polar surface area (TPSA) is 317 Å². The molecule has 5 heterocycles. The number of hydrogen-bond donors (Lipinski definition) is 12. The Morgan fingerprint density at radius 2 is 1.27 bits per heavy atom. The van der Waals surface area contributed by atoms with Gasteiger partial charge >= 0.3 is 0 Å². The summed E-state index contributed by atoms with van der Waals surface area (Å²) in [5.74, 6) is -0.595. The van der Waals surface area contributed by atoms with Crippen molar-refractivity contribution in [2.24, 2.45) is 34.5 Å². The van der Waals surface area contributed by atoms with Crippen LogP contribution in [0.15, 0.2) is 23.8 Å². The molecule has 20 heteroatoms. The van der Waals surface area contributed by atoms with Gasteiger partial charge in [0, 0.05) is 0 Å². The van der Waals surface area contributed by atoms with Gasteiger partial charge in [0.05, 0.1) is 51.3 Å². The number of ether oxygens (including phenoxy) is 8. The first kappa shape index (κ1) is 49.1. The monoisotopic (exact) mass is 918 g/mol. The van der Waals surface area contributed by atoms with Crippen molar-refractivity contribution in [1.29, 1.82) is 0 Å². The van der Waals surface area contributed by atoms with Crippen molar-refractivity contribution in [3.05, 3.63) is 23.8 Å². The summed E-state index contributed by atoms with van der Waals surface area (Å²) in [6, 6.07) is 0. The minimum atomic E-state index is -1.92. The fourth-order valence-corrected chi connectivity index (χ4v) is 12.8. The van der Waals surface area contributed by atoms with Gasteiger partial charge in [-0.05, 0) is 98.0 Å². The molecule has 3 saturated heterocycles. The lowest BCUT2D eigenvalue weighted by atomic mass is 9.43. The van der Waals surface area contributed by atoms with Gasteiger partial charge in [-0.2, -0.15) is 0 Å². The lowest BCUT2D eigenvalue weighted by molar-refractivity contribution is -0.391. The zero-order valence-corrected chi connectivity index (χ0v) is 36.6. The summed E-state index contributed by atoms with van der Waals surface area (Å²) in [5.41, 5.74) is 0.369. The van der Waals surface area contributed by atoms with E-state index in [0.29, 0.717) is 19.4 Å². The van der Waals surface area contributed by atoms with Crippen LogP contribution >= 0.6 is 0 Å². The van der Waals surface area contributed by atoms with Crippen molar-refractivity contribution in [2.75, 3.05) is 33.0 Å². The Morgan fingerprint density at radius 3 is 1.94 bits per heavy atom. The molecule has 5 aliphatic heterocycles. The summed E-state index contributed by atoms with van der Waals surface area (Å²) in [6.07, 6.45) is -17.0. The summed E-state index contributed by atoms with van der Waals surface area (Å²) >= 11 is 0.